The zero-order valence-electron chi connectivity index (χ0n) is 19.3. The molecule has 0 atom stereocenters. The van der Waals surface area contributed by atoms with Crippen molar-refractivity contribution in [3.05, 3.63) is 69.5 Å². The van der Waals surface area contributed by atoms with Crippen LogP contribution in [0.2, 0.25) is 0 Å². The van der Waals surface area contributed by atoms with Gasteiger partial charge in [-0.05, 0) is 67.9 Å². The fraction of sp³-hybridized carbons (Fsp3) is 0.308. The molecule has 3 N–H and O–H groups in total. The number of rotatable bonds is 4. The molecular weight excluding hydrogens is 414 g/mol. The maximum absolute atomic E-state index is 12.6. The zero-order chi connectivity index (χ0) is 23.1. The predicted octanol–water partition coefficient (Wildman–Crippen LogP) is 3.66. The van der Waals surface area contributed by atoms with E-state index in [-0.39, 0.29) is 11.3 Å². The number of hydrogen-bond acceptors (Lipinski definition) is 5. The Balaban J connectivity index is 1.46. The van der Waals surface area contributed by atoms with Gasteiger partial charge < -0.3 is 15.0 Å². The molecule has 0 bridgehead atoms. The molecule has 1 saturated heterocycles. The molecule has 4 aromatic rings. The van der Waals surface area contributed by atoms with Gasteiger partial charge in [0.2, 0.25) is 0 Å². The first-order valence-electron chi connectivity index (χ1n) is 11.3. The van der Waals surface area contributed by atoms with Crippen molar-refractivity contribution in [1.29, 1.82) is 0 Å². The van der Waals surface area contributed by atoms with Gasteiger partial charge in [-0.15, -0.1) is 0 Å². The predicted molar refractivity (Wildman–Crippen MR) is 131 cm³/mol. The van der Waals surface area contributed by atoms with E-state index in [4.69, 9.17) is 0 Å². The highest BCUT2D eigenvalue weighted by Crippen LogP contribution is 2.30. The molecule has 5 rings (SSSR count). The Morgan fingerprint density at radius 2 is 1.73 bits per heavy atom. The smallest absolute Gasteiger partial charge is 0.273 e. The highest BCUT2D eigenvalue weighted by molar-refractivity contribution is 5.86. The van der Waals surface area contributed by atoms with Gasteiger partial charge in [-0.1, -0.05) is 12.1 Å². The minimum Gasteiger partial charge on any atom is -0.507 e. The molecule has 7 heteroatoms. The van der Waals surface area contributed by atoms with Crippen LogP contribution < -0.4 is 5.56 Å². The fourth-order valence-corrected chi connectivity index (χ4v) is 4.54. The van der Waals surface area contributed by atoms with Gasteiger partial charge in [-0.25, -0.2) is 5.10 Å². The molecule has 1 aliphatic rings. The number of piperazine rings is 1. The Morgan fingerprint density at radius 3 is 2.45 bits per heavy atom. The second-order valence-electron chi connectivity index (χ2n) is 9.14. The SMILES string of the molecule is Cc1cc(-c2cc(-c3cc4ccc(CN5CCN(C)CC5)cc4[nH]3)c(=O)[nH]n2)cc(C)c1O. The number of aromatic nitrogens is 3. The van der Waals surface area contributed by atoms with Crippen molar-refractivity contribution in [3.63, 3.8) is 0 Å². The lowest BCUT2D eigenvalue weighted by atomic mass is 10.0. The van der Waals surface area contributed by atoms with E-state index >= 15 is 0 Å². The lowest BCUT2D eigenvalue weighted by Crippen LogP contribution is -2.43. The van der Waals surface area contributed by atoms with Crippen molar-refractivity contribution in [2.45, 2.75) is 20.4 Å². The van der Waals surface area contributed by atoms with E-state index in [2.05, 4.69) is 50.2 Å². The quantitative estimate of drug-likeness (QED) is 0.448. The average Bonchev–Trinajstić information content (AvgIpc) is 3.22. The molecule has 1 aliphatic heterocycles. The summed E-state index contributed by atoms with van der Waals surface area (Å²) in [5, 5.41) is 18.0. The lowest BCUT2D eigenvalue weighted by Gasteiger charge is -2.32. The number of aryl methyl sites for hydroxylation is 2. The van der Waals surface area contributed by atoms with Crippen LogP contribution in [-0.2, 0) is 6.54 Å². The van der Waals surface area contributed by atoms with Gasteiger partial charge in [0.05, 0.1) is 17.0 Å². The molecule has 0 spiro atoms. The van der Waals surface area contributed by atoms with Crippen LogP contribution in [0, 0.1) is 13.8 Å². The monoisotopic (exact) mass is 443 g/mol. The summed E-state index contributed by atoms with van der Waals surface area (Å²) in [4.78, 5) is 20.9. The van der Waals surface area contributed by atoms with Crippen LogP contribution in [0.5, 0.6) is 5.75 Å². The number of nitrogens with one attached hydrogen (secondary N) is 2. The number of aromatic hydroxyl groups is 1. The van der Waals surface area contributed by atoms with Gasteiger partial charge in [0.25, 0.3) is 5.56 Å². The molecule has 0 radical (unpaired) electrons. The number of benzene rings is 2. The molecule has 2 aromatic carbocycles. The van der Waals surface area contributed by atoms with Gasteiger partial charge in [0.1, 0.15) is 5.75 Å². The largest absolute Gasteiger partial charge is 0.507 e. The minimum absolute atomic E-state index is 0.241. The Kier molecular flexibility index (Phi) is 5.52. The fourth-order valence-electron chi connectivity index (χ4n) is 4.54. The average molecular weight is 444 g/mol. The molecule has 1 fully saturated rings. The third-order valence-corrected chi connectivity index (χ3v) is 6.57. The van der Waals surface area contributed by atoms with Crippen molar-refractivity contribution in [2.24, 2.45) is 0 Å². The van der Waals surface area contributed by atoms with Gasteiger partial charge in [-0.2, -0.15) is 5.10 Å². The Hall–Kier alpha value is -3.42. The molecule has 7 nitrogen and oxygen atoms in total. The summed E-state index contributed by atoms with van der Waals surface area (Å²) < 4.78 is 0. The van der Waals surface area contributed by atoms with Crippen LogP contribution >= 0.6 is 0 Å². The number of likely N-dealkylation sites (N-methyl/N-ethyl adjacent to an activating group) is 1. The lowest BCUT2D eigenvalue weighted by molar-refractivity contribution is 0.148. The van der Waals surface area contributed by atoms with E-state index in [1.165, 1.54) is 5.56 Å². The number of nitrogens with zero attached hydrogens (tertiary/aromatic N) is 3. The second-order valence-corrected chi connectivity index (χ2v) is 9.14. The number of aromatic amines is 2. The van der Waals surface area contributed by atoms with Crippen molar-refractivity contribution < 1.29 is 5.11 Å². The van der Waals surface area contributed by atoms with Crippen LogP contribution in [0.15, 0.2) is 47.3 Å². The van der Waals surface area contributed by atoms with Gasteiger partial charge in [0, 0.05) is 49.2 Å². The number of H-pyrrole nitrogens is 2. The van der Waals surface area contributed by atoms with Crippen LogP contribution in [0.4, 0.5) is 0 Å². The summed E-state index contributed by atoms with van der Waals surface area (Å²) in [6, 6.07) is 14.0. The number of phenols is 1. The van der Waals surface area contributed by atoms with E-state index in [9.17, 15) is 9.90 Å². The van der Waals surface area contributed by atoms with Crippen molar-refractivity contribution in [1.82, 2.24) is 25.0 Å². The van der Waals surface area contributed by atoms with E-state index in [0.29, 0.717) is 11.3 Å². The Bertz CT molecular complexity index is 1360. The maximum atomic E-state index is 12.6. The van der Waals surface area contributed by atoms with Gasteiger partial charge in [-0.3, -0.25) is 9.69 Å². The zero-order valence-corrected chi connectivity index (χ0v) is 19.3. The highest BCUT2D eigenvalue weighted by Gasteiger charge is 2.15. The number of phenolic OH excluding ortho intramolecular Hbond substituents is 1. The van der Waals surface area contributed by atoms with Crippen LogP contribution in [0.25, 0.3) is 33.4 Å². The summed E-state index contributed by atoms with van der Waals surface area (Å²) in [6.45, 7) is 9.00. The number of hydrogen-bond donors (Lipinski definition) is 3. The normalized spacial score (nSPS) is 15.4. The van der Waals surface area contributed by atoms with Crippen molar-refractivity contribution in [3.8, 4) is 28.3 Å². The molecule has 33 heavy (non-hydrogen) atoms. The first-order valence-corrected chi connectivity index (χ1v) is 11.3. The van der Waals surface area contributed by atoms with Crippen molar-refractivity contribution >= 4 is 10.9 Å². The first-order chi connectivity index (χ1) is 15.9. The summed E-state index contributed by atoms with van der Waals surface area (Å²) >= 11 is 0. The molecule has 0 amide bonds. The molecule has 3 heterocycles. The van der Waals surface area contributed by atoms with Crippen LogP contribution in [0.1, 0.15) is 16.7 Å². The maximum Gasteiger partial charge on any atom is 0.273 e. The Labute approximate surface area is 192 Å². The molecule has 0 unspecified atom stereocenters. The van der Waals surface area contributed by atoms with E-state index < -0.39 is 0 Å². The number of fused-ring (bicyclic) bond motifs is 1. The summed E-state index contributed by atoms with van der Waals surface area (Å²) in [5.41, 5.74) is 6.41. The minimum atomic E-state index is -0.241. The van der Waals surface area contributed by atoms with Gasteiger partial charge >= 0.3 is 0 Å². The second kappa shape index (κ2) is 8.50. The summed E-state index contributed by atoms with van der Waals surface area (Å²) in [6.07, 6.45) is 0. The third kappa shape index (κ3) is 4.29. The standard InChI is InChI=1S/C26H29N5O2/c1-16-10-20(11-17(2)25(16)32)23-14-21(26(33)29-28-23)24-13-19-5-4-18(12-22(19)27-24)15-31-8-6-30(3)7-9-31/h4-5,10-14,27,32H,6-9,15H2,1-3H3,(H,29,33). The topological polar surface area (TPSA) is 88.3 Å². The van der Waals surface area contributed by atoms with Crippen LogP contribution in [0.3, 0.4) is 0 Å². The molecule has 170 valence electrons. The molecule has 2 aromatic heterocycles. The molecule has 0 aliphatic carbocycles. The Morgan fingerprint density at radius 1 is 1.00 bits per heavy atom. The van der Waals surface area contributed by atoms with Gasteiger partial charge in [0.15, 0.2) is 0 Å². The molecule has 0 saturated carbocycles. The van der Waals surface area contributed by atoms with Crippen LogP contribution in [-0.4, -0.2) is 63.3 Å². The summed E-state index contributed by atoms with van der Waals surface area (Å²) in [7, 11) is 2.17. The summed E-state index contributed by atoms with van der Waals surface area (Å²) in [5.74, 6) is 0.284. The van der Waals surface area contributed by atoms with E-state index in [1.807, 2.05) is 32.0 Å². The van der Waals surface area contributed by atoms with E-state index in [1.54, 1.807) is 6.07 Å². The third-order valence-electron chi connectivity index (χ3n) is 6.57. The molecular formula is C26H29N5O2. The van der Waals surface area contributed by atoms with Crippen molar-refractivity contribution in [2.75, 3.05) is 33.2 Å². The first kappa shape index (κ1) is 21.4. The van der Waals surface area contributed by atoms with E-state index in [0.717, 1.165) is 66.0 Å². The highest BCUT2D eigenvalue weighted by atomic mass is 16.3.